The van der Waals surface area contributed by atoms with Crippen molar-refractivity contribution in [2.24, 2.45) is 0 Å². The highest BCUT2D eigenvalue weighted by atomic mass is 16.7. The highest BCUT2D eigenvalue weighted by Gasteiger charge is 2.33. The maximum Gasteiger partial charge on any atom is 0.290 e. The van der Waals surface area contributed by atoms with Gasteiger partial charge in [-0.2, -0.15) is 0 Å². The topological polar surface area (TPSA) is 51.6 Å². The Balaban J connectivity index is 2.31. The summed E-state index contributed by atoms with van der Waals surface area (Å²) in [7, 11) is 0. The molecule has 1 aromatic rings. The van der Waals surface area contributed by atoms with Crippen LogP contribution in [0.4, 0.5) is 0 Å². The molecule has 1 aliphatic heterocycles. The van der Waals surface area contributed by atoms with Crippen LogP contribution < -0.4 is 0 Å². The molecule has 0 amide bonds. The van der Waals surface area contributed by atoms with Crippen molar-refractivity contribution in [3.63, 3.8) is 0 Å². The summed E-state index contributed by atoms with van der Waals surface area (Å²) in [5, 5.41) is 8.96. The monoisotopic (exact) mass is 193 g/mol. The van der Waals surface area contributed by atoms with Gasteiger partial charge in [0, 0.05) is 13.1 Å². The minimum absolute atomic E-state index is 0.0149. The Labute approximate surface area is 81.8 Å². The molecule has 4 nitrogen and oxygen atoms in total. The molecule has 0 fully saturated rings. The molecule has 2 rings (SSSR count). The van der Waals surface area contributed by atoms with Gasteiger partial charge in [-0.25, -0.2) is 0 Å². The van der Waals surface area contributed by atoms with Gasteiger partial charge in [0.2, 0.25) is 0 Å². The van der Waals surface area contributed by atoms with Crippen LogP contribution in [0.3, 0.4) is 0 Å². The zero-order valence-corrected chi connectivity index (χ0v) is 7.80. The Bertz CT molecular complexity index is 354. The van der Waals surface area contributed by atoms with E-state index >= 15 is 0 Å². The van der Waals surface area contributed by atoms with Crippen LogP contribution in [-0.4, -0.2) is 10.1 Å². The number of nitrogens with zero attached hydrogens (tertiary/aromatic N) is 1. The van der Waals surface area contributed by atoms with Crippen LogP contribution in [0, 0.1) is 0 Å². The van der Waals surface area contributed by atoms with Crippen molar-refractivity contribution in [3.8, 4) is 0 Å². The van der Waals surface area contributed by atoms with E-state index in [1.54, 1.807) is 25.3 Å². The molecule has 0 aromatic carbocycles. The third-order valence-corrected chi connectivity index (χ3v) is 2.11. The Morgan fingerprint density at radius 3 is 2.79 bits per heavy atom. The van der Waals surface area contributed by atoms with Gasteiger partial charge in [0.05, 0.1) is 6.61 Å². The van der Waals surface area contributed by atoms with Crippen molar-refractivity contribution < 1.29 is 14.6 Å². The average Bonchev–Trinajstić information content (AvgIpc) is 2.67. The minimum Gasteiger partial charge on any atom is -0.452 e. The number of aliphatic hydroxyl groups is 1. The third kappa shape index (κ3) is 1.44. The van der Waals surface area contributed by atoms with Crippen LogP contribution in [0.1, 0.15) is 18.2 Å². The molecule has 0 spiro atoms. The standard InChI is InChI=1S/C10H11NO3/c1-10(13-4-5-14-10)9-6-8(7-12)2-3-11-9/h2-6,12H,7H2,1H3. The molecule has 0 unspecified atom stereocenters. The van der Waals surface area contributed by atoms with Gasteiger partial charge in [-0.1, -0.05) is 0 Å². The summed E-state index contributed by atoms with van der Waals surface area (Å²) in [5.41, 5.74) is 1.43. The molecule has 0 saturated heterocycles. The largest absolute Gasteiger partial charge is 0.452 e. The van der Waals surface area contributed by atoms with Gasteiger partial charge in [0.15, 0.2) is 0 Å². The Hall–Kier alpha value is -1.55. The molecule has 0 bridgehead atoms. The Morgan fingerprint density at radius 2 is 2.14 bits per heavy atom. The fraction of sp³-hybridized carbons (Fsp3) is 0.300. The summed E-state index contributed by atoms with van der Waals surface area (Å²) in [6.07, 6.45) is 4.58. The lowest BCUT2D eigenvalue weighted by atomic mass is 10.1. The number of rotatable bonds is 2. The molecule has 0 atom stereocenters. The first-order valence-electron chi connectivity index (χ1n) is 4.31. The van der Waals surface area contributed by atoms with Crippen LogP contribution in [0.2, 0.25) is 0 Å². The first kappa shape index (κ1) is 9.02. The maximum atomic E-state index is 8.96. The van der Waals surface area contributed by atoms with Crippen LogP contribution in [-0.2, 0) is 21.9 Å². The van der Waals surface area contributed by atoms with Crippen molar-refractivity contribution in [1.29, 1.82) is 0 Å². The van der Waals surface area contributed by atoms with Gasteiger partial charge in [-0.3, -0.25) is 4.98 Å². The van der Waals surface area contributed by atoms with E-state index in [0.717, 1.165) is 5.56 Å². The van der Waals surface area contributed by atoms with Gasteiger partial charge in [0.25, 0.3) is 5.79 Å². The van der Waals surface area contributed by atoms with Crippen molar-refractivity contribution in [1.82, 2.24) is 4.98 Å². The zero-order valence-electron chi connectivity index (χ0n) is 7.80. The van der Waals surface area contributed by atoms with Crippen LogP contribution in [0.15, 0.2) is 30.9 Å². The third-order valence-electron chi connectivity index (χ3n) is 2.11. The molecule has 0 saturated carbocycles. The number of hydrogen-bond donors (Lipinski definition) is 1. The summed E-state index contributed by atoms with van der Waals surface area (Å²) in [5.74, 6) is -0.856. The lowest BCUT2D eigenvalue weighted by Crippen LogP contribution is -2.23. The Kier molecular flexibility index (Phi) is 2.13. The fourth-order valence-electron chi connectivity index (χ4n) is 1.28. The molecule has 14 heavy (non-hydrogen) atoms. The van der Waals surface area contributed by atoms with Crippen molar-refractivity contribution in [3.05, 3.63) is 42.1 Å². The number of aromatic nitrogens is 1. The first-order chi connectivity index (χ1) is 6.74. The van der Waals surface area contributed by atoms with E-state index in [1.807, 2.05) is 0 Å². The minimum atomic E-state index is -0.856. The molecule has 0 aliphatic carbocycles. The average molecular weight is 193 g/mol. The van der Waals surface area contributed by atoms with E-state index in [0.29, 0.717) is 5.69 Å². The summed E-state index contributed by atoms with van der Waals surface area (Å²) in [6.45, 7) is 1.76. The number of pyridine rings is 1. The van der Waals surface area contributed by atoms with Gasteiger partial charge >= 0.3 is 0 Å². The smallest absolute Gasteiger partial charge is 0.290 e. The maximum absolute atomic E-state index is 8.96. The van der Waals surface area contributed by atoms with Crippen LogP contribution >= 0.6 is 0 Å². The molecule has 1 N–H and O–H groups in total. The first-order valence-corrected chi connectivity index (χ1v) is 4.31. The molecule has 1 aromatic heterocycles. The van der Waals surface area contributed by atoms with E-state index in [9.17, 15) is 0 Å². The van der Waals surface area contributed by atoms with Gasteiger partial charge in [-0.15, -0.1) is 0 Å². The summed E-state index contributed by atoms with van der Waals surface area (Å²) in [6, 6.07) is 3.50. The molecular weight excluding hydrogens is 182 g/mol. The summed E-state index contributed by atoms with van der Waals surface area (Å²) in [4.78, 5) is 4.14. The second kappa shape index (κ2) is 3.31. The lowest BCUT2D eigenvalue weighted by Gasteiger charge is -2.22. The number of aliphatic hydroxyl groups excluding tert-OH is 1. The normalized spacial score (nSPS) is 17.6. The van der Waals surface area contributed by atoms with E-state index in [-0.39, 0.29) is 6.61 Å². The van der Waals surface area contributed by atoms with Crippen molar-refractivity contribution in [2.75, 3.05) is 0 Å². The van der Waals surface area contributed by atoms with Crippen LogP contribution in [0.5, 0.6) is 0 Å². The molecule has 74 valence electrons. The zero-order chi connectivity index (χ0) is 10.0. The second-order valence-corrected chi connectivity index (χ2v) is 3.16. The highest BCUT2D eigenvalue weighted by Crippen LogP contribution is 2.30. The van der Waals surface area contributed by atoms with Crippen molar-refractivity contribution >= 4 is 0 Å². The Morgan fingerprint density at radius 1 is 1.43 bits per heavy atom. The molecule has 4 heteroatoms. The van der Waals surface area contributed by atoms with E-state index in [4.69, 9.17) is 14.6 Å². The highest BCUT2D eigenvalue weighted by molar-refractivity contribution is 5.19. The van der Waals surface area contributed by atoms with Crippen molar-refractivity contribution in [2.45, 2.75) is 19.3 Å². The fourth-order valence-corrected chi connectivity index (χ4v) is 1.28. The van der Waals surface area contributed by atoms with Gasteiger partial charge in [-0.05, 0) is 17.7 Å². The van der Waals surface area contributed by atoms with E-state index in [2.05, 4.69) is 4.98 Å². The second-order valence-electron chi connectivity index (χ2n) is 3.16. The summed E-state index contributed by atoms with van der Waals surface area (Å²) >= 11 is 0. The summed E-state index contributed by atoms with van der Waals surface area (Å²) < 4.78 is 10.6. The predicted molar refractivity (Wildman–Crippen MR) is 48.8 cm³/mol. The van der Waals surface area contributed by atoms with Crippen LogP contribution in [0.25, 0.3) is 0 Å². The van der Waals surface area contributed by atoms with E-state index < -0.39 is 5.79 Å². The predicted octanol–water partition coefficient (Wildman–Crippen LogP) is 1.26. The molecule has 1 aliphatic rings. The SMILES string of the molecule is CC1(c2cc(CO)ccn2)OC=CO1. The number of ether oxygens (including phenoxy) is 2. The lowest BCUT2D eigenvalue weighted by molar-refractivity contribution is -0.136. The number of hydrogen-bond acceptors (Lipinski definition) is 4. The van der Waals surface area contributed by atoms with Gasteiger partial charge < -0.3 is 14.6 Å². The van der Waals surface area contributed by atoms with E-state index in [1.165, 1.54) is 12.5 Å². The quantitative estimate of drug-likeness (QED) is 0.768. The van der Waals surface area contributed by atoms with Gasteiger partial charge in [0.1, 0.15) is 18.2 Å². The molecule has 2 heterocycles. The molecule has 0 radical (unpaired) electrons. The molecular formula is C10H11NO3.